The van der Waals surface area contributed by atoms with Crippen LogP contribution in [-0.2, 0) is 6.42 Å². The highest BCUT2D eigenvalue weighted by molar-refractivity contribution is 5.69. The van der Waals surface area contributed by atoms with Crippen LogP contribution >= 0.6 is 0 Å². The van der Waals surface area contributed by atoms with Gasteiger partial charge >= 0.3 is 0 Å². The first kappa shape index (κ1) is 14.0. The molecular weight excluding hydrogens is 267 g/mol. The van der Waals surface area contributed by atoms with Gasteiger partial charge in [0.2, 0.25) is 0 Å². The summed E-state index contributed by atoms with van der Waals surface area (Å²) in [7, 11) is 1.93. The van der Waals surface area contributed by atoms with Gasteiger partial charge in [0, 0.05) is 35.7 Å². The number of rotatable bonds is 4. The van der Waals surface area contributed by atoms with Crippen LogP contribution in [0.15, 0.2) is 30.3 Å². The molecule has 0 aliphatic carbocycles. The van der Waals surface area contributed by atoms with E-state index in [9.17, 15) is 4.39 Å². The van der Waals surface area contributed by atoms with Crippen molar-refractivity contribution in [3.63, 3.8) is 0 Å². The van der Waals surface area contributed by atoms with Gasteiger partial charge in [0.25, 0.3) is 0 Å². The Bertz CT molecular complexity index is 640. The maximum absolute atomic E-state index is 13.1. The van der Waals surface area contributed by atoms with E-state index in [4.69, 9.17) is 9.72 Å². The third kappa shape index (κ3) is 2.76. The van der Waals surface area contributed by atoms with Crippen LogP contribution in [0.4, 0.5) is 4.39 Å². The molecule has 3 nitrogen and oxygen atoms in total. The van der Waals surface area contributed by atoms with Crippen molar-refractivity contribution in [1.82, 2.24) is 10.3 Å². The number of halogens is 1. The second kappa shape index (κ2) is 5.82. The van der Waals surface area contributed by atoms with Gasteiger partial charge in [-0.3, -0.25) is 0 Å². The molecule has 110 valence electrons. The molecule has 0 saturated carbocycles. The van der Waals surface area contributed by atoms with Gasteiger partial charge in [-0.25, -0.2) is 9.37 Å². The minimum atomic E-state index is -0.240. The highest BCUT2D eigenvalue weighted by atomic mass is 19.1. The van der Waals surface area contributed by atoms with Gasteiger partial charge in [-0.05, 0) is 37.4 Å². The number of hydrogen-bond donors (Lipinski definition) is 1. The molecule has 0 amide bonds. The lowest BCUT2D eigenvalue weighted by Gasteiger charge is -2.11. The van der Waals surface area contributed by atoms with Crippen LogP contribution in [0.1, 0.15) is 24.1 Å². The average molecular weight is 286 g/mol. The summed E-state index contributed by atoms with van der Waals surface area (Å²) in [6.45, 7) is 3.71. The summed E-state index contributed by atoms with van der Waals surface area (Å²) in [5.74, 6) is 0.980. The molecular formula is C17H19FN2O. The van der Waals surface area contributed by atoms with Crippen LogP contribution in [0.2, 0.25) is 0 Å². The minimum absolute atomic E-state index is 0.240. The van der Waals surface area contributed by atoms with Gasteiger partial charge in [0.1, 0.15) is 17.3 Å². The largest absolute Gasteiger partial charge is 0.490 e. The number of pyridine rings is 1. The Kier molecular flexibility index (Phi) is 3.88. The van der Waals surface area contributed by atoms with Crippen molar-refractivity contribution in [3.8, 4) is 17.0 Å². The molecule has 1 aromatic carbocycles. The van der Waals surface area contributed by atoms with Crippen LogP contribution in [0.25, 0.3) is 11.3 Å². The van der Waals surface area contributed by atoms with E-state index in [1.54, 1.807) is 12.1 Å². The normalized spacial score (nSPS) is 16.6. The van der Waals surface area contributed by atoms with E-state index in [1.807, 2.05) is 7.05 Å². The summed E-state index contributed by atoms with van der Waals surface area (Å²) in [5.41, 5.74) is 3.96. The first-order valence-corrected chi connectivity index (χ1v) is 7.26. The van der Waals surface area contributed by atoms with Crippen LogP contribution in [0, 0.1) is 5.82 Å². The molecule has 0 bridgehead atoms. The van der Waals surface area contributed by atoms with Crippen molar-refractivity contribution in [3.05, 3.63) is 47.4 Å². The monoisotopic (exact) mass is 286 g/mol. The highest BCUT2D eigenvalue weighted by Gasteiger charge is 2.25. The van der Waals surface area contributed by atoms with Crippen LogP contribution < -0.4 is 10.1 Å². The number of hydrogen-bond acceptors (Lipinski definition) is 3. The van der Waals surface area contributed by atoms with Gasteiger partial charge in [0.15, 0.2) is 0 Å². The van der Waals surface area contributed by atoms with Gasteiger partial charge in [-0.15, -0.1) is 0 Å². The molecule has 0 fully saturated rings. The third-order valence-corrected chi connectivity index (χ3v) is 3.81. The molecule has 0 radical (unpaired) electrons. The topological polar surface area (TPSA) is 34.2 Å². The first-order valence-electron chi connectivity index (χ1n) is 7.26. The lowest BCUT2D eigenvalue weighted by Crippen LogP contribution is -2.11. The molecule has 0 spiro atoms. The number of benzene rings is 1. The predicted octanol–water partition coefficient (Wildman–Crippen LogP) is 3.15. The maximum Gasteiger partial charge on any atom is 0.149 e. The van der Waals surface area contributed by atoms with Gasteiger partial charge in [-0.2, -0.15) is 0 Å². The Morgan fingerprint density at radius 1 is 1.33 bits per heavy atom. The van der Waals surface area contributed by atoms with Gasteiger partial charge in [0.05, 0.1) is 6.61 Å². The molecule has 1 N–H and O–H groups in total. The summed E-state index contributed by atoms with van der Waals surface area (Å²) < 4.78 is 18.9. The summed E-state index contributed by atoms with van der Waals surface area (Å²) in [4.78, 5) is 4.73. The molecule has 1 aliphatic heterocycles. The zero-order valence-electron chi connectivity index (χ0n) is 12.3. The van der Waals surface area contributed by atoms with Crippen molar-refractivity contribution in [2.24, 2.45) is 0 Å². The summed E-state index contributed by atoms with van der Waals surface area (Å²) in [6.07, 6.45) is 0.866. The van der Waals surface area contributed by atoms with Crippen LogP contribution in [-0.4, -0.2) is 25.2 Å². The Labute approximate surface area is 124 Å². The maximum atomic E-state index is 13.1. The van der Waals surface area contributed by atoms with E-state index in [0.717, 1.165) is 35.7 Å². The minimum Gasteiger partial charge on any atom is -0.490 e. The fourth-order valence-electron chi connectivity index (χ4n) is 2.61. The second-order valence-electron chi connectivity index (χ2n) is 5.45. The van der Waals surface area contributed by atoms with Crippen LogP contribution in [0.3, 0.4) is 0 Å². The molecule has 1 aliphatic rings. The van der Waals surface area contributed by atoms with E-state index in [0.29, 0.717) is 12.5 Å². The molecule has 2 heterocycles. The van der Waals surface area contributed by atoms with Crippen LogP contribution in [0.5, 0.6) is 5.75 Å². The molecule has 2 aromatic rings. The molecule has 3 rings (SSSR count). The number of ether oxygens (including phenoxy) is 1. The fraction of sp³-hybridized carbons (Fsp3) is 0.353. The summed E-state index contributed by atoms with van der Waals surface area (Å²) in [5, 5.41) is 3.14. The lowest BCUT2D eigenvalue weighted by atomic mass is 9.99. The van der Waals surface area contributed by atoms with Crippen molar-refractivity contribution in [2.45, 2.75) is 19.3 Å². The Morgan fingerprint density at radius 3 is 2.81 bits per heavy atom. The van der Waals surface area contributed by atoms with E-state index in [-0.39, 0.29) is 5.82 Å². The smallest absolute Gasteiger partial charge is 0.149 e. The molecule has 0 saturated heterocycles. The summed E-state index contributed by atoms with van der Waals surface area (Å²) >= 11 is 0. The van der Waals surface area contributed by atoms with E-state index >= 15 is 0 Å². The number of fused-ring (bicyclic) bond motifs is 1. The number of nitrogens with zero attached hydrogens (tertiary/aromatic N) is 1. The van der Waals surface area contributed by atoms with E-state index < -0.39 is 0 Å². The Morgan fingerprint density at radius 2 is 2.10 bits per heavy atom. The Balaban J connectivity index is 2.07. The quantitative estimate of drug-likeness (QED) is 0.937. The molecule has 21 heavy (non-hydrogen) atoms. The fourth-order valence-corrected chi connectivity index (χ4v) is 2.61. The second-order valence-corrected chi connectivity index (χ2v) is 5.45. The van der Waals surface area contributed by atoms with E-state index in [2.05, 4.69) is 18.3 Å². The average Bonchev–Trinajstić information content (AvgIpc) is 2.87. The SMILES string of the molecule is CNCCc1cc2c(c(-c3ccc(F)cc3)n1)OCC2C. The third-order valence-electron chi connectivity index (χ3n) is 3.81. The number of likely N-dealkylation sites (N-methyl/N-ethyl adjacent to an activating group) is 1. The lowest BCUT2D eigenvalue weighted by molar-refractivity contribution is 0.337. The molecule has 4 heteroatoms. The van der Waals surface area contributed by atoms with Crippen molar-refractivity contribution >= 4 is 0 Å². The molecule has 1 aromatic heterocycles. The van der Waals surface area contributed by atoms with Crippen molar-refractivity contribution in [1.29, 1.82) is 0 Å². The summed E-state index contributed by atoms with van der Waals surface area (Å²) in [6, 6.07) is 8.57. The van der Waals surface area contributed by atoms with Gasteiger partial charge < -0.3 is 10.1 Å². The van der Waals surface area contributed by atoms with Gasteiger partial charge in [-0.1, -0.05) is 6.92 Å². The molecule has 1 unspecified atom stereocenters. The Hall–Kier alpha value is -1.94. The predicted molar refractivity (Wildman–Crippen MR) is 81.2 cm³/mol. The van der Waals surface area contributed by atoms with E-state index in [1.165, 1.54) is 17.7 Å². The zero-order chi connectivity index (χ0) is 14.8. The molecule has 1 atom stereocenters. The number of aromatic nitrogens is 1. The number of nitrogens with one attached hydrogen (secondary N) is 1. The standard InChI is InChI=1S/C17H19FN2O/c1-11-10-21-17-15(11)9-14(7-8-19-2)20-16(17)12-3-5-13(18)6-4-12/h3-6,9,11,19H,7-8,10H2,1-2H3. The van der Waals surface area contributed by atoms with Crippen molar-refractivity contribution in [2.75, 3.05) is 20.2 Å². The van der Waals surface area contributed by atoms with Crippen molar-refractivity contribution < 1.29 is 9.13 Å². The zero-order valence-corrected chi connectivity index (χ0v) is 12.3. The first-order chi connectivity index (χ1) is 10.2. The highest BCUT2D eigenvalue weighted by Crippen LogP contribution is 2.40.